The van der Waals surface area contributed by atoms with Gasteiger partial charge in [-0.1, -0.05) is 42.5 Å². The molecule has 0 saturated carbocycles. The number of hydrogen-bond donors (Lipinski definition) is 0. The molecule has 2 rings (SSSR count). The molecule has 102 valence electrons. The third-order valence-corrected chi connectivity index (χ3v) is 3.21. The zero-order chi connectivity index (χ0) is 14.4. The fourth-order valence-corrected chi connectivity index (χ4v) is 2.19. The summed E-state index contributed by atoms with van der Waals surface area (Å²) in [6.45, 7) is 3.68. The van der Waals surface area contributed by atoms with E-state index < -0.39 is 5.95 Å². The Balaban J connectivity index is 2.20. The number of rotatable bonds is 6. The number of pyridine rings is 1. The molecule has 2 aromatic rings. The highest BCUT2D eigenvalue weighted by molar-refractivity contribution is 5.96. The van der Waals surface area contributed by atoms with Gasteiger partial charge in [-0.25, -0.2) is 4.98 Å². The van der Waals surface area contributed by atoms with Crippen molar-refractivity contribution in [3.05, 3.63) is 78.4 Å². The zero-order valence-corrected chi connectivity index (χ0v) is 11.1. The second kappa shape index (κ2) is 6.75. The van der Waals surface area contributed by atoms with Crippen LogP contribution in [0.5, 0.6) is 0 Å². The van der Waals surface area contributed by atoms with Gasteiger partial charge in [0.05, 0.1) is 0 Å². The van der Waals surface area contributed by atoms with E-state index in [4.69, 9.17) is 0 Å². The van der Waals surface area contributed by atoms with E-state index in [9.17, 15) is 9.18 Å². The van der Waals surface area contributed by atoms with Gasteiger partial charge in [-0.3, -0.25) is 4.79 Å². The van der Waals surface area contributed by atoms with Crippen molar-refractivity contribution in [1.82, 2.24) is 4.98 Å². The first kappa shape index (κ1) is 14.1. The lowest BCUT2D eigenvalue weighted by atomic mass is 9.89. The molecule has 0 radical (unpaired) electrons. The Morgan fingerprint density at radius 2 is 2.00 bits per heavy atom. The minimum atomic E-state index is -0.514. The number of nitrogens with zero attached hydrogens (tertiary/aromatic N) is 1. The van der Waals surface area contributed by atoms with Crippen molar-refractivity contribution in [2.75, 3.05) is 0 Å². The average Bonchev–Trinajstić information content (AvgIpc) is 2.48. The highest BCUT2D eigenvalue weighted by Crippen LogP contribution is 2.27. The SMILES string of the molecule is C=CCC(CC(=O)c1ccccc1)c1cccnc1F. The number of ketones is 1. The van der Waals surface area contributed by atoms with Crippen molar-refractivity contribution in [2.24, 2.45) is 0 Å². The monoisotopic (exact) mass is 269 g/mol. The van der Waals surface area contributed by atoms with Gasteiger partial charge in [0.2, 0.25) is 5.95 Å². The predicted octanol–water partition coefficient (Wildman–Crippen LogP) is 4.15. The Hall–Kier alpha value is -2.29. The van der Waals surface area contributed by atoms with E-state index in [1.165, 1.54) is 6.20 Å². The van der Waals surface area contributed by atoms with E-state index in [0.29, 0.717) is 17.5 Å². The number of hydrogen-bond acceptors (Lipinski definition) is 2. The van der Waals surface area contributed by atoms with Crippen LogP contribution in [0, 0.1) is 5.95 Å². The van der Waals surface area contributed by atoms with Crippen LogP contribution in [0.1, 0.15) is 34.7 Å². The summed E-state index contributed by atoms with van der Waals surface area (Å²) in [5, 5.41) is 0. The maximum Gasteiger partial charge on any atom is 0.216 e. The quantitative estimate of drug-likeness (QED) is 0.448. The van der Waals surface area contributed by atoms with Crippen molar-refractivity contribution in [3.8, 4) is 0 Å². The molecule has 0 aliphatic heterocycles. The van der Waals surface area contributed by atoms with Gasteiger partial charge in [-0.2, -0.15) is 4.39 Å². The number of benzene rings is 1. The van der Waals surface area contributed by atoms with Gasteiger partial charge < -0.3 is 0 Å². The topological polar surface area (TPSA) is 30.0 Å². The standard InChI is InChI=1S/C17H16FNO/c1-2-7-14(15-10-6-11-19-17(15)18)12-16(20)13-8-4-3-5-9-13/h2-6,8-11,14H,1,7,12H2. The summed E-state index contributed by atoms with van der Waals surface area (Å²) in [6.07, 6.45) is 3.90. The summed E-state index contributed by atoms with van der Waals surface area (Å²) in [5.41, 5.74) is 1.11. The Morgan fingerprint density at radius 3 is 2.65 bits per heavy atom. The minimum absolute atomic E-state index is 0.000651. The highest BCUT2D eigenvalue weighted by Gasteiger charge is 2.19. The third-order valence-electron chi connectivity index (χ3n) is 3.21. The Bertz CT molecular complexity index is 595. The second-order valence-corrected chi connectivity index (χ2v) is 4.60. The van der Waals surface area contributed by atoms with Crippen LogP contribution in [0.25, 0.3) is 0 Å². The van der Waals surface area contributed by atoms with Crippen LogP contribution in [0.3, 0.4) is 0 Å². The molecule has 2 nitrogen and oxygen atoms in total. The molecule has 0 aliphatic rings. The van der Waals surface area contributed by atoms with E-state index >= 15 is 0 Å². The van der Waals surface area contributed by atoms with Gasteiger partial charge in [0.15, 0.2) is 5.78 Å². The summed E-state index contributed by atoms with van der Waals surface area (Å²) in [5.74, 6) is -0.741. The van der Waals surface area contributed by atoms with Crippen LogP contribution in [0.2, 0.25) is 0 Å². The molecule has 1 unspecified atom stereocenters. The molecule has 20 heavy (non-hydrogen) atoms. The molecule has 0 saturated heterocycles. The molecule has 1 aromatic carbocycles. The van der Waals surface area contributed by atoms with Crippen molar-refractivity contribution < 1.29 is 9.18 Å². The Labute approximate surface area is 118 Å². The number of aromatic nitrogens is 1. The van der Waals surface area contributed by atoms with E-state index in [2.05, 4.69) is 11.6 Å². The molecule has 0 amide bonds. The van der Waals surface area contributed by atoms with Gasteiger partial charge in [0, 0.05) is 23.7 Å². The van der Waals surface area contributed by atoms with Gasteiger partial charge in [0.1, 0.15) is 0 Å². The zero-order valence-electron chi connectivity index (χ0n) is 11.1. The molecule has 0 fully saturated rings. The lowest BCUT2D eigenvalue weighted by Crippen LogP contribution is -2.09. The summed E-state index contributed by atoms with van der Waals surface area (Å²) < 4.78 is 13.8. The maximum atomic E-state index is 13.8. The number of Topliss-reactive ketones (excluding diaryl/α,β-unsaturated/α-hetero) is 1. The second-order valence-electron chi connectivity index (χ2n) is 4.60. The molecule has 3 heteroatoms. The number of carbonyl (C=O) groups excluding carboxylic acids is 1. The lowest BCUT2D eigenvalue weighted by Gasteiger charge is -2.15. The van der Waals surface area contributed by atoms with Crippen LogP contribution < -0.4 is 0 Å². The van der Waals surface area contributed by atoms with Crippen LogP contribution in [-0.4, -0.2) is 10.8 Å². The maximum absolute atomic E-state index is 13.8. The molecule has 1 atom stereocenters. The summed E-state index contributed by atoms with van der Waals surface area (Å²) in [4.78, 5) is 15.9. The van der Waals surface area contributed by atoms with E-state index in [-0.39, 0.29) is 18.1 Å². The third kappa shape index (κ3) is 3.38. The molecule has 1 heterocycles. The molecule has 1 aromatic heterocycles. The van der Waals surface area contributed by atoms with Crippen LogP contribution in [0.4, 0.5) is 4.39 Å². The largest absolute Gasteiger partial charge is 0.294 e. The average molecular weight is 269 g/mol. The van der Waals surface area contributed by atoms with Crippen LogP contribution in [0.15, 0.2) is 61.3 Å². The van der Waals surface area contributed by atoms with Crippen molar-refractivity contribution in [2.45, 2.75) is 18.8 Å². The first-order chi connectivity index (χ1) is 9.72. The Kier molecular flexibility index (Phi) is 4.77. The first-order valence-corrected chi connectivity index (χ1v) is 6.52. The molecular formula is C17H16FNO. The van der Waals surface area contributed by atoms with Crippen LogP contribution in [-0.2, 0) is 0 Å². The summed E-state index contributed by atoms with van der Waals surface area (Å²) >= 11 is 0. The molecule has 0 bridgehead atoms. The molecule has 0 spiro atoms. The van der Waals surface area contributed by atoms with Crippen molar-refractivity contribution in [3.63, 3.8) is 0 Å². The lowest BCUT2D eigenvalue weighted by molar-refractivity contribution is 0.0973. The van der Waals surface area contributed by atoms with Gasteiger partial charge >= 0.3 is 0 Å². The number of carbonyl (C=O) groups is 1. The normalized spacial score (nSPS) is 11.8. The van der Waals surface area contributed by atoms with E-state index in [1.54, 1.807) is 30.3 Å². The summed E-state index contributed by atoms with van der Waals surface area (Å²) in [6, 6.07) is 12.4. The smallest absolute Gasteiger partial charge is 0.216 e. The first-order valence-electron chi connectivity index (χ1n) is 6.52. The number of allylic oxidation sites excluding steroid dienone is 1. The van der Waals surface area contributed by atoms with Gasteiger partial charge in [-0.05, 0) is 18.4 Å². The predicted molar refractivity (Wildman–Crippen MR) is 77.1 cm³/mol. The van der Waals surface area contributed by atoms with E-state index in [1.807, 2.05) is 18.2 Å². The van der Waals surface area contributed by atoms with Crippen molar-refractivity contribution >= 4 is 5.78 Å². The highest BCUT2D eigenvalue weighted by atomic mass is 19.1. The molecule has 0 N–H and O–H groups in total. The minimum Gasteiger partial charge on any atom is -0.294 e. The van der Waals surface area contributed by atoms with E-state index in [0.717, 1.165) is 0 Å². The fraction of sp³-hybridized carbons (Fsp3) is 0.176. The fourth-order valence-electron chi connectivity index (χ4n) is 2.19. The summed E-state index contributed by atoms with van der Waals surface area (Å²) in [7, 11) is 0. The van der Waals surface area contributed by atoms with Crippen LogP contribution >= 0.6 is 0 Å². The molecule has 0 aliphatic carbocycles. The molecular weight excluding hydrogens is 253 g/mol. The van der Waals surface area contributed by atoms with Gasteiger partial charge in [-0.15, -0.1) is 6.58 Å². The van der Waals surface area contributed by atoms with Gasteiger partial charge in [0.25, 0.3) is 0 Å². The van der Waals surface area contributed by atoms with Crippen molar-refractivity contribution in [1.29, 1.82) is 0 Å². The number of halogens is 1. The Morgan fingerprint density at radius 1 is 1.25 bits per heavy atom.